The van der Waals surface area contributed by atoms with E-state index in [-0.39, 0.29) is 5.91 Å². The van der Waals surface area contributed by atoms with Crippen LogP contribution >= 0.6 is 0 Å². The lowest BCUT2D eigenvalue weighted by molar-refractivity contribution is 0.102. The fraction of sp³-hybridized carbons (Fsp3) is 0.200. The molecule has 4 rings (SSSR count). The minimum Gasteiger partial charge on any atom is -0.494 e. The molecule has 2 heterocycles. The molecule has 5 heteroatoms. The first-order valence-corrected chi connectivity index (χ1v) is 10.3. The van der Waals surface area contributed by atoms with E-state index in [0.29, 0.717) is 12.2 Å². The number of carbonyl (C=O) groups is 1. The summed E-state index contributed by atoms with van der Waals surface area (Å²) in [5.41, 5.74) is 4.02. The quantitative estimate of drug-likeness (QED) is 0.380. The number of nitrogens with one attached hydrogen (secondary N) is 1. The molecule has 0 fully saturated rings. The van der Waals surface area contributed by atoms with Gasteiger partial charge >= 0.3 is 0 Å². The lowest BCUT2D eigenvalue weighted by atomic mass is 10.1. The molecule has 2 aromatic carbocycles. The van der Waals surface area contributed by atoms with Gasteiger partial charge in [0.05, 0.1) is 12.3 Å². The Morgan fingerprint density at radius 3 is 2.70 bits per heavy atom. The number of anilines is 1. The smallest absolute Gasteiger partial charge is 0.255 e. The number of aromatic nitrogens is 2. The second-order valence-corrected chi connectivity index (χ2v) is 7.21. The lowest BCUT2D eigenvalue weighted by Gasteiger charge is -2.08. The Hall–Kier alpha value is -3.60. The molecule has 5 nitrogen and oxygen atoms in total. The summed E-state index contributed by atoms with van der Waals surface area (Å²) >= 11 is 0. The van der Waals surface area contributed by atoms with Crippen molar-refractivity contribution in [3.05, 3.63) is 84.7 Å². The van der Waals surface area contributed by atoms with Gasteiger partial charge in [0, 0.05) is 29.2 Å². The van der Waals surface area contributed by atoms with Gasteiger partial charge in [-0.1, -0.05) is 38.0 Å². The first kappa shape index (κ1) is 19.7. The van der Waals surface area contributed by atoms with E-state index in [2.05, 4.69) is 17.2 Å². The van der Waals surface area contributed by atoms with Crippen LogP contribution in [0.4, 0.5) is 5.69 Å². The van der Waals surface area contributed by atoms with Crippen LogP contribution in [-0.4, -0.2) is 21.9 Å². The Bertz CT molecular complexity index is 1100. The zero-order valence-corrected chi connectivity index (χ0v) is 17.0. The topological polar surface area (TPSA) is 55.6 Å². The molecule has 0 spiro atoms. The van der Waals surface area contributed by atoms with Crippen molar-refractivity contribution in [1.29, 1.82) is 0 Å². The number of unbranched alkanes of at least 4 members (excludes halogenated alkanes) is 2. The van der Waals surface area contributed by atoms with Gasteiger partial charge in [-0.3, -0.25) is 4.79 Å². The van der Waals surface area contributed by atoms with Crippen molar-refractivity contribution in [2.45, 2.75) is 26.2 Å². The number of ether oxygens (including phenoxy) is 1. The van der Waals surface area contributed by atoms with E-state index < -0.39 is 0 Å². The highest BCUT2D eigenvalue weighted by molar-refractivity contribution is 6.04. The third kappa shape index (κ3) is 4.69. The van der Waals surface area contributed by atoms with Crippen LogP contribution in [0.3, 0.4) is 0 Å². The standard InChI is InChI=1S/C25H25N3O2/c1-2-3-6-16-30-22-13-11-19(12-14-22)25(29)26-21-9-7-8-20(17-21)23-18-28-15-5-4-10-24(28)27-23/h4-5,7-15,17-18H,2-3,6,16H2,1H3,(H,26,29). The number of amides is 1. The van der Waals surface area contributed by atoms with Crippen molar-refractivity contribution in [1.82, 2.24) is 9.38 Å². The minimum atomic E-state index is -0.153. The van der Waals surface area contributed by atoms with Crippen LogP contribution in [0, 0.1) is 0 Å². The number of hydrogen-bond donors (Lipinski definition) is 1. The van der Waals surface area contributed by atoms with Gasteiger partial charge < -0.3 is 14.5 Å². The first-order chi connectivity index (χ1) is 14.7. The summed E-state index contributed by atoms with van der Waals surface area (Å²) in [6, 6.07) is 20.9. The Balaban J connectivity index is 1.42. The summed E-state index contributed by atoms with van der Waals surface area (Å²) in [7, 11) is 0. The average molecular weight is 399 g/mol. The number of benzene rings is 2. The monoisotopic (exact) mass is 399 g/mol. The van der Waals surface area contributed by atoms with Crippen molar-refractivity contribution in [2.24, 2.45) is 0 Å². The summed E-state index contributed by atoms with van der Waals surface area (Å²) in [6.45, 7) is 2.87. The maximum absolute atomic E-state index is 12.6. The number of nitrogens with zero attached hydrogens (tertiary/aromatic N) is 2. The number of rotatable bonds is 8. The molecule has 0 radical (unpaired) electrons. The second kappa shape index (κ2) is 9.27. The zero-order chi connectivity index (χ0) is 20.8. The van der Waals surface area contributed by atoms with Crippen LogP contribution in [0.15, 0.2) is 79.1 Å². The molecule has 1 amide bonds. The SMILES string of the molecule is CCCCCOc1ccc(C(=O)Nc2cccc(-c3cn4ccccc4n3)c2)cc1. The molecule has 0 bridgehead atoms. The largest absolute Gasteiger partial charge is 0.494 e. The molecule has 4 aromatic rings. The summed E-state index contributed by atoms with van der Waals surface area (Å²) in [6.07, 6.45) is 7.32. The van der Waals surface area contributed by atoms with Crippen molar-refractivity contribution >= 4 is 17.2 Å². The predicted molar refractivity (Wildman–Crippen MR) is 120 cm³/mol. The summed E-state index contributed by atoms with van der Waals surface area (Å²) in [5, 5.41) is 2.97. The van der Waals surface area contributed by atoms with Crippen LogP contribution in [0.2, 0.25) is 0 Å². The van der Waals surface area contributed by atoms with Crippen LogP contribution < -0.4 is 10.1 Å². The third-order valence-corrected chi connectivity index (χ3v) is 4.91. The van der Waals surface area contributed by atoms with Gasteiger partial charge in [0.1, 0.15) is 11.4 Å². The highest BCUT2D eigenvalue weighted by atomic mass is 16.5. The molecular formula is C25H25N3O2. The van der Waals surface area contributed by atoms with Crippen molar-refractivity contribution in [3.8, 4) is 17.0 Å². The van der Waals surface area contributed by atoms with Crippen molar-refractivity contribution < 1.29 is 9.53 Å². The number of pyridine rings is 1. The van der Waals surface area contributed by atoms with Crippen LogP contribution in [0.25, 0.3) is 16.9 Å². The van der Waals surface area contributed by atoms with E-state index in [0.717, 1.165) is 41.2 Å². The summed E-state index contributed by atoms with van der Waals surface area (Å²) < 4.78 is 7.69. The maximum Gasteiger partial charge on any atom is 0.255 e. The van der Waals surface area contributed by atoms with E-state index in [4.69, 9.17) is 4.74 Å². The Labute approximate surface area is 176 Å². The molecule has 0 saturated heterocycles. The lowest BCUT2D eigenvalue weighted by Crippen LogP contribution is -2.11. The molecule has 30 heavy (non-hydrogen) atoms. The van der Waals surface area contributed by atoms with Gasteiger partial charge in [-0.15, -0.1) is 0 Å². The van der Waals surface area contributed by atoms with Crippen molar-refractivity contribution in [3.63, 3.8) is 0 Å². The fourth-order valence-corrected chi connectivity index (χ4v) is 3.28. The van der Waals surface area contributed by atoms with E-state index in [1.807, 2.05) is 71.4 Å². The second-order valence-electron chi connectivity index (χ2n) is 7.21. The minimum absolute atomic E-state index is 0.153. The summed E-state index contributed by atoms with van der Waals surface area (Å²) in [4.78, 5) is 17.3. The molecule has 2 aromatic heterocycles. The Morgan fingerprint density at radius 1 is 1.03 bits per heavy atom. The number of hydrogen-bond acceptors (Lipinski definition) is 3. The number of carbonyl (C=O) groups excluding carboxylic acids is 1. The van der Waals surface area contributed by atoms with Gasteiger partial charge in [0.2, 0.25) is 0 Å². The predicted octanol–water partition coefficient (Wildman–Crippen LogP) is 5.82. The van der Waals surface area contributed by atoms with Gasteiger partial charge in [-0.05, 0) is 55.0 Å². The first-order valence-electron chi connectivity index (χ1n) is 10.3. The Kier molecular flexibility index (Phi) is 6.09. The maximum atomic E-state index is 12.6. The van der Waals surface area contributed by atoms with Gasteiger partial charge in [0.15, 0.2) is 0 Å². The van der Waals surface area contributed by atoms with Crippen LogP contribution in [0.5, 0.6) is 5.75 Å². The van der Waals surface area contributed by atoms with Gasteiger partial charge in [-0.2, -0.15) is 0 Å². The molecule has 0 atom stereocenters. The van der Waals surface area contributed by atoms with E-state index in [1.165, 1.54) is 6.42 Å². The normalized spacial score (nSPS) is 10.8. The fourth-order valence-electron chi connectivity index (χ4n) is 3.28. The number of imidazole rings is 1. The highest BCUT2D eigenvalue weighted by Gasteiger charge is 2.09. The molecule has 152 valence electrons. The molecule has 0 aliphatic heterocycles. The highest BCUT2D eigenvalue weighted by Crippen LogP contribution is 2.23. The summed E-state index contributed by atoms with van der Waals surface area (Å²) in [5.74, 6) is 0.635. The van der Waals surface area contributed by atoms with E-state index in [9.17, 15) is 4.79 Å². The van der Waals surface area contributed by atoms with Gasteiger partial charge in [0.25, 0.3) is 5.91 Å². The molecule has 0 aliphatic carbocycles. The van der Waals surface area contributed by atoms with Crippen LogP contribution in [0.1, 0.15) is 36.5 Å². The Morgan fingerprint density at radius 2 is 1.90 bits per heavy atom. The molecule has 0 saturated carbocycles. The molecular weight excluding hydrogens is 374 g/mol. The average Bonchev–Trinajstić information content (AvgIpc) is 3.22. The molecule has 1 N–H and O–H groups in total. The molecule has 0 aliphatic rings. The number of fused-ring (bicyclic) bond motifs is 1. The third-order valence-electron chi connectivity index (χ3n) is 4.91. The van der Waals surface area contributed by atoms with Crippen molar-refractivity contribution in [2.75, 3.05) is 11.9 Å². The van der Waals surface area contributed by atoms with Gasteiger partial charge in [-0.25, -0.2) is 4.98 Å². The van der Waals surface area contributed by atoms with E-state index in [1.54, 1.807) is 12.1 Å². The zero-order valence-electron chi connectivity index (χ0n) is 17.0. The molecule has 0 unspecified atom stereocenters. The van der Waals surface area contributed by atoms with E-state index >= 15 is 0 Å². The van der Waals surface area contributed by atoms with Crippen LogP contribution in [-0.2, 0) is 0 Å².